The number of amides is 3. The summed E-state index contributed by atoms with van der Waals surface area (Å²) in [6.45, 7) is 1.58. The van der Waals surface area contributed by atoms with Gasteiger partial charge in [-0.1, -0.05) is 54.1 Å². The number of hydrogen-bond acceptors (Lipinski definition) is 5. The molecule has 2 aliphatic heterocycles. The number of ether oxygens (including phenoxy) is 1. The maximum atomic E-state index is 13.9. The summed E-state index contributed by atoms with van der Waals surface area (Å²) in [5, 5.41) is 3.46. The minimum atomic E-state index is -0.815. The summed E-state index contributed by atoms with van der Waals surface area (Å²) < 4.78 is 5.39. The molecular formula is C31H33ClN4O4. The van der Waals surface area contributed by atoms with Crippen LogP contribution >= 0.6 is 11.6 Å². The van der Waals surface area contributed by atoms with Gasteiger partial charge in [-0.25, -0.2) is 0 Å². The van der Waals surface area contributed by atoms with E-state index in [9.17, 15) is 14.4 Å². The number of nitrogens with one attached hydrogen (secondary N) is 1. The number of carbonyl (C=O) groups excluding carboxylic acids is 3. The van der Waals surface area contributed by atoms with E-state index in [0.29, 0.717) is 56.2 Å². The molecule has 0 bridgehead atoms. The van der Waals surface area contributed by atoms with Gasteiger partial charge in [0.15, 0.2) is 0 Å². The summed E-state index contributed by atoms with van der Waals surface area (Å²) in [6.07, 6.45) is 1.57. The first-order valence-corrected chi connectivity index (χ1v) is 13.8. The fourth-order valence-electron chi connectivity index (χ4n) is 5.68. The molecular weight excluding hydrogens is 528 g/mol. The molecule has 40 heavy (non-hydrogen) atoms. The van der Waals surface area contributed by atoms with Crippen LogP contribution in [-0.4, -0.2) is 73.0 Å². The fraction of sp³-hybridized carbons (Fsp3) is 0.323. The van der Waals surface area contributed by atoms with Crippen LogP contribution in [-0.2, 0) is 16.0 Å². The molecule has 0 radical (unpaired) electrons. The van der Waals surface area contributed by atoms with Gasteiger partial charge in [-0.3, -0.25) is 14.4 Å². The number of likely N-dealkylation sites (tertiary alicyclic amines) is 1. The van der Waals surface area contributed by atoms with Gasteiger partial charge in [0, 0.05) is 35.9 Å². The van der Waals surface area contributed by atoms with Gasteiger partial charge in [-0.15, -0.1) is 0 Å². The van der Waals surface area contributed by atoms with Crippen molar-refractivity contribution in [3.05, 3.63) is 95.0 Å². The van der Waals surface area contributed by atoms with Crippen LogP contribution in [0.25, 0.3) is 0 Å². The van der Waals surface area contributed by atoms with Crippen molar-refractivity contribution in [3.8, 4) is 5.75 Å². The Labute approximate surface area is 239 Å². The molecule has 0 aliphatic carbocycles. The molecule has 3 aromatic rings. The Kier molecular flexibility index (Phi) is 8.26. The molecule has 208 valence electrons. The van der Waals surface area contributed by atoms with Crippen molar-refractivity contribution in [3.63, 3.8) is 0 Å². The molecule has 9 heteroatoms. The summed E-state index contributed by atoms with van der Waals surface area (Å²) in [4.78, 5) is 45.5. The van der Waals surface area contributed by atoms with Crippen LogP contribution in [0.15, 0.2) is 78.9 Å². The third kappa shape index (κ3) is 5.63. The fourth-order valence-corrected chi connectivity index (χ4v) is 5.87. The van der Waals surface area contributed by atoms with Gasteiger partial charge in [0.25, 0.3) is 11.8 Å². The van der Waals surface area contributed by atoms with Gasteiger partial charge in [0.05, 0.1) is 13.8 Å². The second-order valence-electron chi connectivity index (χ2n) is 10.2. The normalized spacial score (nSPS) is 16.4. The lowest BCUT2D eigenvalue weighted by molar-refractivity contribution is -0.137. The van der Waals surface area contributed by atoms with Crippen LogP contribution in [0.5, 0.6) is 5.75 Å². The van der Waals surface area contributed by atoms with Crippen LogP contribution in [0.3, 0.4) is 0 Å². The molecule has 8 nitrogen and oxygen atoms in total. The molecule has 5 rings (SSSR count). The van der Waals surface area contributed by atoms with Crippen molar-refractivity contribution >= 4 is 35.0 Å². The first-order valence-electron chi connectivity index (χ1n) is 13.5. The van der Waals surface area contributed by atoms with E-state index in [1.807, 2.05) is 54.6 Å². The first-order chi connectivity index (χ1) is 19.4. The van der Waals surface area contributed by atoms with Crippen LogP contribution in [0, 0.1) is 0 Å². The van der Waals surface area contributed by atoms with Crippen molar-refractivity contribution in [2.24, 2.45) is 0 Å². The van der Waals surface area contributed by atoms with E-state index in [1.165, 1.54) is 0 Å². The molecule has 2 aliphatic rings. The molecule has 0 aromatic heterocycles. The average molecular weight is 561 g/mol. The Morgan fingerprint density at radius 1 is 0.975 bits per heavy atom. The number of nitrogens with zero attached hydrogens (tertiary/aromatic N) is 3. The number of piperidine rings is 1. The molecule has 1 N–H and O–H groups in total. The number of para-hydroxylation sites is 2. The predicted octanol–water partition coefficient (Wildman–Crippen LogP) is 3.99. The number of carbonyl (C=O) groups is 3. The van der Waals surface area contributed by atoms with Gasteiger partial charge in [0.2, 0.25) is 5.91 Å². The predicted molar refractivity (Wildman–Crippen MR) is 155 cm³/mol. The van der Waals surface area contributed by atoms with E-state index in [0.717, 1.165) is 17.0 Å². The van der Waals surface area contributed by atoms with Crippen LogP contribution in [0.4, 0.5) is 5.69 Å². The molecule has 3 aromatic carbocycles. The zero-order chi connectivity index (χ0) is 28.1. The van der Waals surface area contributed by atoms with E-state index >= 15 is 0 Å². The zero-order valence-corrected chi connectivity index (χ0v) is 23.3. The van der Waals surface area contributed by atoms with Crippen molar-refractivity contribution in [1.29, 1.82) is 0 Å². The highest BCUT2D eigenvalue weighted by molar-refractivity contribution is 6.31. The topological polar surface area (TPSA) is 82.2 Å². The maximum Gasteiger partial charge on any atom is 0.253 e. The highest BCUT2D eigenvalue weighted by Gasteiger charge is 2.54. The van der Waals surface area contributed by atoms with Crippen molar-refractivity contribution < 1.29 is 19.1 Å². The van der Waals surface area contributed by atoms with Crippen LogP contribution in [0.2, 0.25) is 5.02 Å². The lowest BCUT2D eigenvalue weighted by Gasteiger charge is -2.43. The number of anilines is 1. The highest BCUT2D eigenvalue weighted by atomic mass is 35.5. The number of hydrogen-bond donors (Lipinski definition) is 1. The van der Waals surface area contributed by atoms with Gasteiger partial charge in [-0.05, 0) is 61.2 Å². The molecule has 0 unspecified atom stereocenters. The second kappa shape index (κ2) is 12.0. The third-order valence-corrected chi connectivity index (χ3v) is 8.01. The smallest absolute Gasteiger partial charge is 0.253 e. The lowest BCUT2D eigenvalue weighted by atomic mass is 9.85. The Balaban J connectivity index is 1.26. The Morgan fingerprint density at radius 3 is 2.42 bits per heavy atom. The summed E-state index contributed by atoms with van der Waals surface area (Å²) >= 11 is 6.10. The second-order valence-corrected chi connectivity index (χ2v) is 10.6. The summed E-state index contributed by atoms with van der Waals surface area (Å²) in [7, 11) is 1.63. The van der Waals surface area contributed by atoms with Gasteiger partial charge in [-0.2, -0.15) is 0 Å². The van der Waals surface area contributed by atoms with Crippen LogP contribution in [0.1, 0.15) is 28.8 Å². The van der Waals surface area contributed by atoms with E-state index in [1.54, 1.807) is 41.2 Å². The minimum Gasteiger partial charge on any atom is -0.496 e. The molecule has 2 fully saturated rings. The summed E-state index contributed by atoms with van der Waals surface area (Å²) in [5.41, 5.74) is 1.65. The number of methoxy groups -OCH3 is 1. The quantitative estimate of drug-likeness (QED) is 0.450. The zero-order valence-electron chi connectivity index (χ0n) is 22.5. The third-order valence-electron chi connectivity index (χ3n) is 7.77. The Morgan fingerprint density at radius 2 is 1.70 bits per heavy atom. The van der Waals surface area contributed by atoms with E-state index in [4.69, 9.17) is 16.3 Å². The summed E-state index contributed by atoms with van der Waals surface area (Å²) in [6, 6.07) is 24.4. The minimum absolute atomic E-state index is 0.0268. The van der Waals surface area contributed by atoms with Gasteiger partial charge >= 0.3 is 0 Å². The lowest BCUT2D eigenvalue weighted by Crippen LogP contribution is -2.57. The van der Waals surface area contributed by atoms with Gasteiger partial charge < -0.3 is 24.8 Å². The first kappa shape index (κ1) is 27.5. The van der Waals surface area contributed by atoms with E-state index < -0.39 is 5.54 Å². The van der Waals surface area contributed by atoms with Gasteiger partial charge in [0.1, 0.15) is 17.8 Å². The van der Waals surface area contributed by atoms with Crippen LogP contribution < -0.4 is 15.0 Å². The average Bonchev–Trinajstić information content (AvgIpc) is 3.24. The molecule has 0 atom stereocenters. The summed E-state index contributed by atoms with van der Waals surface area (Å²) in [5.74, 6) is 0.403. The van der Waals surface area contributed by atoms with Crippen molar-refractivity contribution in [1.82, 2.24) is 15.1 Å². The van der Waals surface area contributed by atoms with E-state index in [-0.39, 0.29) is 24.3 Å². The number of halogens is 1. The Bertz CT molecular complexity index is 1370. The highest BCUT2D eigenvalue weighted by Crippen LogP contribution is 2.39. The monoisotopic (exact) mass is 560 g/mol. The standard InChI is InChI=1S/C31H33ClN4O4/c1-40-27-13-6-5-8-23(27)14-17-33-28(37)21-35-22-36(26-11-3-2-4-12-26)31(30(35)39)15-18-34(19-16-31)29(38)24-9-7-10-25(32)20-24/h2-13,20H,14-19,21-22H2,1H3,(H,33,37). The molecule has 0 saturated carbocycles. The molecule has 3 amide bonds. The number of rotatable bonds is 8. The Hall–Kier alpha value is -4.04. The van der Waals surface area contributed by atoms with Crippen molar-refractivity contribution in [2.45, 2.75) is 24.8 Å². The molecule has 2 heterocycles. The van der Waals surface area contributed by atoms with Crippen molar-refractivity contribution in [2.75, 3.05) is 44.9 Å². The maximum absolute atomic E-state index is 13.9. The largest absolute Gasteiger partial charge is 0.496 e. The van der Waals surface area contributed by atoms with E-state index in [2.05, 4.69) is 10.2 Å². The molecule has 1 spiro atoms. The number of benzene rings is 3. The molecule has 2 saturated heterocycles. The SMILES string of the molecule is COc1ccccc1CCNC(=O)CN1CN(c2ccccc2)C2(CCN(C(=O)c3cccc(Cl)c3)CC2)C1=O.